The molecule has 0 N–H and O–H groups in total. The van der Waals surface area contributed by atoms with E-state index in [0.29, 0.717) is 61.9 Å². The van der Waals surface area contributed by atoms with E-state index in [1.807, 2.05) is 17.8 Å². The van der Waals surface area contributed by atoms with Crippen LogP contribution in [0, 0.1) is 11.6 Å². The van der Waals surface area contributed by atoms with Crippen LogP contribution in [0.2, 0.25) is 0 Å². The number of halogens is 2. The monoisotopic (exact) mass is 553 g/mol. The van der Waals surface area contributed by atoms with Crippen LogP contribution < -0.4 is 15.0 Å². The van der Waals surface area contributed by atoms with Crippen molar-refractivity contribution in [1.29, 1.82) is 0 Å². The molecule has 0 spiro atoms. The van der Waals surface area contributed by atoms with E-state index >= 15 is 8.78 Å². The lowest BCUT2D eigenvalue weighted by molar-refractivity contribution is -0.137. The summed E-state index contributed by atoms with van der Waals surface area (Å²) in [5.41, 5.74) is 2.32. The fourth-order valence-corrected chi connectivity index (χ4v) is 4.86. The van der Waals surface area contributed by atoms with Crippen LogP contribution in [0.3, 0.4) is 0 Å². The van der Waals surface area contributed by atoms with Crippen molar-refractivity contribution in [2.75, 3.05) is 47.2 Å². The third-order valence-corrected chi connectivity index (χ3v) is 7.24. The van der Waals surface area contributed by atoms with Crippen molar-refractivity contribution in [2.45, 2.75) is 18.6 Å². The van der Waals surface area contributed by atoms with Crippen molar-refractivity contribution >= 4 is 16.9 Å². The summed E-state index contributed by atoms with van der Waals surface area (Å²) in [6, 6.07) is 5.12. The van der Waals surface area contributed by atoms with Crippen LogP contribution in [0.4, 0.5) is 14.5 Å². The Morgan fingerprint density at radius 1 is 1.02 bits per heavy atom. The van der Waals surface area contributed by atoms with Crippen molar-refractivity contribution in [3.63, 3.8) is 0 Å². The van der Waals surface area contributed by atoms with Gasteiger partial charge in [-0.3, -0.25) is 14.6 Å². The molecule has 1 aromatic carbocycles. The average Bonchev–Trinajstić information content (AvgIpc) is 3.34. The van der Waals surface area contributed by atoms with Gasteiger partial charge < -0.3 is 23.5 Å². The Kier molecular flexibility index (Phi) is 7.17. The van der Waals surface area contributed by atoms with Crippen LogP contribution >= 0.6 is 0 Å². The molecule has 5 heterocycles. The molecule has 0 saturated carbocycles. The van der Waals surface area contributed by atoms with Gasteiger partial charge in [-0.05, 0) is 12.1 Å². The van der Waals surface area contributed by atoms with Crippen LogP contribution in [-0.2, 0) is 23.1 Å². The summed E-state index contributed by atoms with van der Waals surface area (Å²) >= 11 is 0. The Morgan fingerprint density at radius 3 is 2.25 bits per heavy atom. The van der Waals surface area contributed by atoms with Gasteiger partial charge in [0, 0.05) is 38.0 Å². The Bertz CT molecular complexity index is 1570. The van der Waals surface area contributed by atoms with E-state index in [4.69, 9.17) is 23.9 Å². The van der Waals surface area contributed by atoms with Crippen molar-refractivity contribution in [2.24, 2.45) is 12.0 Å². The molecule has 13 heteroatoms. The molecular formula is C27H29F2N7O4. The lowest BCUT2D eigenvalue weighted by Crippen LogP contribution is -2.60. The molecule has 2 aliphatic heterocycles. The number of aromatic nitrogens is 5. The second-order valence-corrected chi connectivity index (χ2v) is 9.70. The summed E-state index contributed by atoms with van der Waals surface area (Å²) in [6.45, 7) is 3.66. The zero-order chi connectivity index (χ0) is 27.8. The molecule has 0 amide bonds. The van der Waals surface area contributed by atoms with E-state index in [0.717, 1.165) is 11.6 Å². The third kappa shape index (κ3) is 4.80. The molecule has 3 aromatic heterocycles. The molecular weight excluding hydrogens is 524 g/mol. The van der Waals surface area contributed by atoms with Gasteiger partial charge in [-0.15, -0.1) is 0 Å². The summed E-state index contributed by atoms with van der Waals surface area (Å²) in [5, 5.41) is 4.24. The van der Waals surface area contributed by atoms with Crippen LogP contribution in [0.15, 0.2) is 41.8 Å². The Hall–Kier alpha value is -3.94. The van der Waals surface area contributed by atoms with Crippen molar-refractivity contribution < 1.29 is 27.7 Å². The number of rotatable bonds is 9. The lowest BCUT2D eigenvalue weighted by Gasteiger charge is -2.45. The van der Waals surface area contributed by atoms with Crippen LogP contribution in [0.5, 0.6) is 11.5 Å². The number of hydrogen-bond donors (Lipinski definition) is 0. The second kappa shape index (κ2) is 10.9. The molecule has 4 aromatic rings. The van der Waals surface area contributed by atoms with E-state index in [-0.39, 0.29) is 23.6 Å². The number of benzene rings is 1. The maximum atomic E-state index is 15.3. The fourth-order valence-electron chi connectivity index (χ4n) is 4.86. The molecule has 210 valence electrons. The van der Waals surface area contributed by atoms with E-state index in [9.17, 15) is 0 Å². The normalized spacial score (nSPS) is 16.4. The standard InChI is InChI=1S/C27H29F2N7O4/c1-34-11-16(9-31-34)20-10-30-19-4-5-23(33-26-24(28)21(37-2)8-22(38-3)25(26)29)36(27(19)32-20)7-6-35(17-12-39-13-17)18-14-40-15-18/h4-5,8-11,17-18H,6-7,12-15H2,1-3H3. The van der Waals surface area contributed by atoms with Gasteiger partial charge >= 0.3 is 0 Å². The summed E-state index contributed by atoms with van der Waals surface area (Å²) < 4.78 is 55.2. The predicted molar refractivity (Wildman–Crippen MR) is 140 cm³/mol. The number of hydrogen-bond acceptors (Lipinski definition) is 9. The van der Waals surface area contributed by atoms with Gasteiger partial charge in [0.2, 0.25) is 0 Å². The zero-order valence-electron chi connectivity index (χ0n) is 22.4. The third-order valence-electron chi connectivity index (χ3n) is 7.24. The average molecular weight is 554 g/mol. The summed E-state index contributed by atoms with van der Waals surface area (Å²) in [6.07, 6.45) is 5.23. The first-order chi connectivity index (χ1) is 19.5. The molecule has 0 bridgehead atoms. The molecule has 0 aliphatic carbocycles. The maximum absolute atomic E-state index is 15.3. The van der Waals surface area contributed by atoms with Gasteiger partial charge in [0.05, 0.1) is 70.8 Å². The van der Waals surface area contributed by atoms with E-state index in [1.54, 1.807) is 29.2 Å². The zero-order valence-corrected chi connectivity index (χ0v) is 22.4. The first kappa shape index (κ1) is 26.3. The highest BCUT2D eigenvalue weighted by atomic mass is 19.1. The molecule has 40 heavy (non-hydrogen) atoms. The number of nitrogens with zero attached hydrogens (tertiary/aromatic N) is 7. The largest absolute Gasteiger partial charge is 0.493 e. The molecule has 0 radical (unpaired) electrons. The highest BCUT2D eigenvalue weighted by Gasteiger charge is 2.35. The summed E-state index contributed by atoms with van der Waals surface area (Å²) in [5.74, 6) is -2.21. The van der Waals surface area contributed by atoms with Crippen LogP contribution in [-0.4, -0.2) is 88.5 Å². The first-order valence-corrected chi connectivity index (χ1v) is 12.9. The molecule has 11 nitrogen and oxygen atoms in total. The highest BCUT2D eigenvalue weighted by Crippen LogP contribution is 2.36. The highest BCUT2D eigenvalue weighted by molar-refractivity contribution is 5.73. The maximum Gasteiger partial charge on any atom is 0.193 e. The fraction of sp³-hybridized carbons (Fsp3) is 0.407. The Labute approximate surface area is 228 Å². The number of pyridine rings is 1. The van der Waals surface area contributed by atoms with E-state index in [2.05, 4.69) is 20.0 Å². The molecule has 0 unspecified atom stereocenters. The van der Waals surface area contributed by atoms with Crippen molar-refractivity contribution in [1.82, 2.24) is 29.2 Å². The Balaban J connectivity index is 1.51. The lowest BCUT2D eigenvalue weighted by atomic mass is 10.1. The number of aryl methyl sites for hydroxylation is 1. The van der Waals surface area contributed by atoms with Gasteiger partial charge in [-0.2, -0.15) is 5.10 Å². The minimum atomic E-state index is -0.928. The minimum Gasteiger partial charge on any atom is -0.493 e. The van der Waals surface area contributed by atoms with Gasteiger partial charge in [-0.25, -0.2) is 18.8 Å². The topological polar surface area (TPSA) is 101 Å². The van der Waals surface area contributed by atoms with Crippen LogP contribution in [0.25, 0.3) is 22.4 Å². The first-order valence-electron chi connectivity index (χ1n) is 12.9. The van der Waals surface area contributed by atoms with Crippen molar-refractivity contribution in [3.05, 3.63) is 53.9 Å². The molecule has 2 aliphatic rings. The van der Waals surface area contributed by atoms with Crippen LogP contribution in [0.1, 0.15) is 0 Å². The van der Waals surface area contributed by atoms with E-state index in [1.165, 1.54) is 14.2 Å². The van der Waals surface area contributed by atoms with Crippen molar-refractivity contribution in [3.8, 4) is 22.8 Å². The Morgan fingerprint density at radius 2 is 1.70 bits per heavy atom. The predicted octanol–water partition coefficient (Wildman–Crippen LogP) is 2.46. The molecule has 2 fully saturated rings. The number of methoxy groups -OCH3 is 2. The SMILES string of the molecule is COc1cc(OC)c(F)c(N=c2ccc3ncc(-c4cnn(C)c4)nc3n2CCN(C2COC2)C2COC2)c1F. The molecule has 6 rings (SSSR count). The van der Waals surface area contributed by atoms with Gasteiger partial charge in [0.1, 0.15) is 16.7 Å². The van der Waals surface area contributed by atoms with Gasteiger partial charge in [0.15, 0.2) is 28.8 Å². The van der Waals surface area contributed by atoms with Gasteiger partial charge in [0.25, 0.3) is 0 Å². The van der Waals surface area contributed by atoms with E-state index < -0.39 is 17.3 Å². The minimum absolute atomic E-state index is 0.177. The second-order valence-electron chi connectivity index (χ2n) is 9.70. The molecule has 0 atom stereocenters. The summed E-state index contributed by atoms with van der Waals surface area (Å²) in [4.78, 5) is 16.3. The molecule has 2 saturated heterocycles. The van der Waals surface area contributed by atoms with Gasteiger partial charge in [-0.1, -0.05) is 0 Å². The smallest absolute Gasteiger partial charge is 0.193 e. The number of fused-ring (bicyclic) bond motifs is 1. The quantitative estimate of drug-likeness (QED) is 0.312. The number of ether oxygens (including phenoxy) is 4. The summed E-state index contributed by atoms with van der Waals surface area (Å²) in [7, 11) is 4.42.